The van der Waals surface area contributed by atoms with Gasteiger partial charge in [0.1, 0.15) is 0 Å². The van der Waals surface area contributed by atoms with E-state index in [2.05, 4.69) is 38.0 Å². The Bertz CT molecular complexity index is 551. The molecule has 0 aromatic carbocycles. The van der Waals surface area contributed by atoms with Crippen LogP contribution in [0.5, 0.6) is 11.5 Å². The van der Waals surface area contributed by atoms with Crippen LogP contribution >= 0.6 is 0 Å². The molecule has 22 heavy (non-hydrogen) atoms. The van der Waals surface area contributed by atoms with Crippen LogP contribution in [0.1, 0.15) is 57.4 Å². The van der Waals surface area contributed by atoms with E-state index in [-0.39, 0.29) is 40.0 Å². The van der Waals surface area contributed by atoms with E-state index in [4.69, 9.17) is 4.74 Å². The first-order valence-electron chi connectivity index (χ1n) is 7.66. The highest BCUT2D eigenvalue weighted by atomic mass is 16.5. The van der Waals surface area contributed by atoms with Gasteiger partial charge in [0, 0.05) is 18.3 Å². The number of rotatable bonds is 3. The molecule has 2 N–H and O–H groups in total. The Morgan fingerprint density at radius 2 is 1.91 bits per heavy atom. The van der Waals surface area contributed by atoms with E-state index in [0.29, 0.717) is 0 Å². The first-order chi connectivity index (χ1) is 10.1. The fourth-order valence-corrected chi connectivity index (χ4v) is 3.97. The third kappa shape index (κ3) is 3.70. The number of aromatic nitrogens is 1. The molecule has 1 aliphatic carbocycles. The monoisotopic (exact) mass is 306 g/mol. The summed E-state index contributed by atoms with van der Waals surface area (Å²) in [4.78, 5) is 16.4. The van der Waals surface area contributed by atoms with Crippen molar-refractivity contribution in [2.75, 3.05) is 7.11 Å². The molecule has 0 aliphatic heterocycles. The minimum absolute atomic E-state index is 0.0144. The van der Waals surface area contributed by atoms with Gasteiger partial charge in [-0.2, -0.15) is 0 Å². The molecule has 1 aliphatic rings. The molecule has 0 spiro atoms. The number of carbonyl (C=O) groups is 1. The van der Waals surface area contributed by atoms with Crippen LogP contribution in [-0.4, -0.2) is 29.1 Å². The van der Waals surface area contributed by atoms with Crippen LogP contribution in [0.2, 0.25) is 0 Å². The second kappa shape index (κ2) is 5.78. The number of hydrogen-bond donors (Lipinski definition) is 2. The normalized spacial score (nSPS) is 20.4. The number of carbonyl (C=O) groups excluding carboxylic acids is 1. The van der Waals surface area contributed by atoms with Crippen LogP contribution in [0, 0.1) is 10.8 Å². The lowest BCUT2D eigenvalue weighted by atomic mass is 9.63. The van der Waals surface area contributed by atoms with Crippen molar-refractivity contribution in [3.05, 3.63) is 18.0 Å². The van der Waals surface area contributed by atoms with Gasteiger partial charge in [-0.3, -0.25) is 4.79 Å². The van der Waals surface area contributed by atoms with Crippen LogP contribution < -0.4 is 10.1 Å². The molecule has 5 heteroatoms. The van der Waals surface area contributed by atoms with Crippen LogP contribution in [-0.2, 0) is 0 Å². The lowest BCUT2D eigenvalue weighted by Crippen LogP contribution is -2.46. The fourth-order valence-electron chi connectivity index (χ4n) is 3.97. The minimum Gasteiger partial charge on any atom is -0.503 e. The lowest BCUT2D eigenvalue weighted by molar-refractivity contribution is 0.0708. The van der Waals surface area contributed by atoms with Gasteiger partial charge in [-0.15, -0.1) is 0 Å². The van der Waals surface area contributed by atoms with E-state index >= 15 is 0 Å². The Balaban J connectivity index is 2.15. The molecule has 122 valence electrons. The van der Waals surface area contributed by atoms with Crippen LogP contribution in [0.25, 0.3) is 0 Å². The molecule has 0 saturated heterocycles. The summed E-state index contributed by atoms with van der Waals surface area (Å²) in [6.07, 6.45) is 4.44. The number of nitrogens with one attached hydrogen (secondary N) is 1. The molecule has 0 atom stereocenters. The SMILES string of the molecule is COc1ccnc(C(=O)NC2CC(C)(C)CC(C)(C)C2)c1O. The molecular weight excluding hydrogens is 280 g/mol. The average molecular weight is 306 g/mol. The Hall–Kier alpha value is -1.78. The van der Waals surface area contributed by atoms with Crippen molar-refractivity contribution in [3.63, 3.8) is 0 Å². The number of aromatic hydroxyl groups is 1. The summed E-state index contributed by atoms with van der Waals surface area (Å²) in [7, 11) is 1.45. The zero-order valence-corrected chi connectivity index (χ0v) is 14.1. The summed E-state index contributed by atoms with van der Waals surface area (Å²) in [5.74, 6) is -0.309. The summed E-state index contributed by atoms with van der Waals surface area (Å²) >= 11 is 0. The largest absolute Gasteiger partial charge is 0.503 e. The number of methoxy groups -OCH3 is 1. The van der Waals surface area contributed by atoms with Gasteiger partial charge in [0.15, 0.2) is 17.2 Å². The highest BCUT2D eigenvalue weighted by Crippen LogP contribution is 2.45. The van der Waals surface area contributed by atoms with E-state index in [0.717, 1.165) is 19.3 Å². The number of pyridine rings is 1. The number of amides is 1. The Labute approximate surface area is 132 Å². The average Bonchev–Trinajstić information content (AvgIpc) is 2.34. The van der Waals surface area contributed by atoms with Gasteiger partial charge in [0.05, 0.1) is 7.11 Å². The maximum Gasteiger partial charge on any atom is 0.274 e. The van der Waals surface area contributed by atoms with Gasteiger partial charge >= 0.3 is 0 Å². The predicted octanol–water partition coefficient (Wildman–Crippen LogP) is 3.13. The Kier molecular flexibility index (Phi) is 4.36. The van der Waals surface area contributed by atoms with Crippen molar-refractivity contribution in [3.8, 4) is 11.5 Å². The molecule has 2 rings (SSSR count). The molecule has 5 nitrogen and oxygen atoms in total. The van der Waals surface area contributed by atoms with Gasteiger partial charge in [0.25, 0.3) is 5.91 Å². The molecule has 1 fully saturated rings. The fraction of sp³-hybridized carbons (Fsp3) is 0.647. The summed E-state index contributed by atoms with van der Waals surface area (Å²) in [6.45, 7) is 8.92. The van der Waals surface area contributed by atoms with Crippen molar-refractivity contribution in [2.24, 2.45) is 10.8 Å². The number of ether oxygens (including phenoxy) is 1. The Morgan fingerprint density at radius 1 is 1.32 bits per heavy atom. The molecule has 1 amide bonds. The van der Waals surface area contributed by atoms with Gasteiger partial charge in [-0.1, -0.05) is 27.7 Å². The van der Waals surface area contributed by atoms with E-state index in [1.807, 2.05) is 0 Å². The summed E-state index contributed by atoms with van der Waals surface area (Å²) in [6, 6.07) is 1.61. The zero-order chi connectivity index (χ0) is 16.5. The van der Waals surface area contributed by atoms with Gasteiger partial charge in [-0.05, 0) is 30.1 Å². The van der Waals surface area contributed by atoms with Crippen LogP contribution in [0.15, 0.2) is 12.3 Å². The molecule has 1 aromatic rings. The quantitative estimate of drug-likeness (QED) is 0.900. The maximum atomic E-state index is 12.4. The van der Waals surface area contributed by atoms with E-state index in [1.54, 1.807) is 0 Å². The highest BCUT2D eigenvalue weighted by molar-refractivity contribution is 5.95. The van der Waals surface area contributed by atoms with Crippen molar-refractivity contribution in [2.45, 2.75) is 53.0 Å². The Morgan fingerprint density at radius 3 is 2.45 bits per heavy atom. The standard InChI is InChI=1S/C17H26N2O3/c1-16(2)8-11(9-17(3,4)10-16)19-15(21)13-14(20)12(22-5)6-7-18-13/h6-7,11,20H,8-10H2,1-5H3,(H,19,21). The molecule has 1 saturated carbocycles. The maximum absolute atomic E-state index is 12.4. The molecule has 0 unspecified atom stereocenters. The third-order valence-electron chi connectivity index (χ3n) is 4.21. The van der Waals surface area contributed by atoms with Crippen molar-refractivity contribution >= 4 is 5.91 Å². The molecule has 1 aromatic heterocycles. The van der Waals surface area contributed by atoms with Crippen LogP contribution in [0.4, 0.5) is 0 Å². The smallest absolute Gasteiger partial charge is 0.274 e. The molecular formula is C17H26N2O3. The highest BCUT2D eigenvalue weighted by Gasteiger charge is 2.39. The van der Waals surface area contributed by atoms with Gasteiger partial charge < -0.3 is 15.2 Å². The van der Waals surface area contributed by atoms with Crippen molar-refractivity contribution in [1.29, 1.82) is 0 Å². The van der Waals surface area contributed by atoms with Crippen LogP contribution in [0.3, 0.4) is 0 Å². The first kappa shape index (κ1) is 16.6. The van der Waals surface area contributed by atoms with E-state index in [9.17, 15) is 9.90 Å². The summed E-state index contributed by atoms with van der Waals surface area (Å²) in [5, 5.41) is 13.1. The number of hydrogen-bond acceptors (Lipinski definition) is 4. The van der Waals surface area contributed by atoms with Crippen molar-refractivity contribution < 1.29 is 14.6 Å². The number of nitrogens with zero attached hydrogens (tertiary/aromatic N) is 1. The third-order valence-corrected chi connectivity index (χ3v) is 4.21. The molecule has 0 bridgehead atoms. The van der Waals surface area contributed by atoms with E-state index in [1.165, 1.54) is 19.4 Å². The second-order valence-corrected chi connectivity index (χ2v) is 7.79. The predicted molar refractivity (Wildman–Crippen MR) is 85.1 cm³/mol. The molecule has 0 radical (unpaired) electrons. The zero-order valence-electron chi connectivity index (χ0n) is 14.1. The van der Waals surface area contributed by atoms with Gasteiger partial charge in [-0.25, -0.2) is 4.98 Å². The van der Waals surface area contributed by atoms with E-state index < -0.39 is 0 Å². The van der Waals surface area contributed by atoms with Crippen molar-refractivity contribution in [1.82, 2.24) is 10.3 Å². The second-order valence-electron chi connectivity index (χ2n) is 7.79. The van der Waals surface area contributed by atoms with Gasteiger partial charge in [0.2, 0.25) is 0 Å². The topological polar surface area (TPSA) is 71.5 Å². The summed E-state index contributed by atoms with van der Waals surface area (Å²) in [5.41, 5.74) is 0.383. The first-order valence-corrected chi connectivity index (χ1v) is 7.66. The molecule has 1 heterocycles. The lowest BCUT2D eigenvalue weighted by Gasteiger charge is -2.45. The minimum atomic E-state index is -0.352. The summed E-state index contributed by atoms with van der Waals surface area (Å²) < 4.78 is 5.02.